The standard InChI is InChI=1S/C20H18ClFN2/c21-12-18-11-19(22)13-23-20(18)24(14-16-7-3-1-4-8-16)15-17-9-5-2-6-10-17/h1-11,13H,12,14-15H2. The predicted octanol–water partition coefficient (Wildman–Crippen LogP) is 5.17. The van der Waals surface area contributed by atoms with Crippen molar-refractivity contribution in [2.75, 3.05) is 4.90 Å². The average molecular weight is 341 g/mol. The predicted molar refractivity (Wildman–Crippen MR) is 96.5 cm³/mol. The zero-order valence-corrected chi connectivity index (χ0v) is 14.0. The lowest BCUT2D eigenvalue weighted by Gasteiger charge is -2.26. The molecule has 0 aliphatic carbocycles. The molecule has 0 amide bonds. The molecule has 0 aliphatic rings. The maximum atomic E-state index is 13.5. The maximum absolute atomic E-state index is 13.5. The summed E-state index contributed by atoms with van der Waals surface area (Å²) in [4.78, 5) is 6.44. The topological polar surface area (TPSA) is 16.1 Å². The lowest BCUT2D eigenvalue weighted by Crippen LogP contribution is -2.24. The number of pyridine rings is 1. The number of aromatic nitrogens is 1. The number of rotatable bonds is 6. The Labute approximate surface area is 146 Å². The monoisotopic (exact) mass is 340 g/mol. The molecule has 0 unspecified atom stereocenters. The number of hydrogen-bond donors (Lipinski definition) is 0. The Kier molecular flexibility index (Phi) is 5.44. The molecular weight excluding hydrogens is 323 g/mol. The Morgan fingerprint density at radius 3 is 1.92 bits per heavy atom. The lowest BCUT2D eigenvalue weighted by atomic mass is 10.1. The van der Waals surface area contributed by atoms with Gasteiger partial charge in [0.1, 0.15) is 11.6 Å². The summed E-state index contributed by atoms with van der Waals surface area (Å²) in [6.45, 7) is 1.36. The summed E-state index contributed by atoms with van der Waals surface area (Å²) in [5.41, 5.74) is 3.03. The molecule has 122 valence electrons. The third-order valence-corrected chi connectivity index (χ3v) is 4.07. The molecule has 0 N–H and O–H groups in total. The Bertz CT molecular complexity index is 737. The van der Waals surface area contributed by atoms with Gasteiger partial charge in [-0.25, -0.2) is 9.37 Å². The lowest BCUT2D eigenvalue weighted by molar-refractivity contribution is 0.617. The Morgan fingerprint density at radius 2 is 1.42 bits per heavy atom. The normalized spacial score (nSPS) is 10.6. The number of alkyl halides is 1. The van der Waals surface area contributed by atoms with Crippen LogP contribution < -0.4 is 4.90 Å². The first kappa shape index (κ1) is 16.5. The van der Waals surface area contributed by atoms with Crippen molar-refractivity contribution in [3.05, 3.63) is 95.4 Å². The van der Waals surface area contributed by atoms with E-state index in [4.69, 9.17) is 11.6 Å². The van der Waals surface area contributed by atoms with E-state index >= 15 is 0 Å². The number of benzene rings is 2. The Hall–Kier alpha value is -2.39. The molecule has 0 fully saturated rings. The number of halogens is 2. The van der Waals surface area contributed by atoms with Crippen molar-refractivity contribution in [1.29, 1.82) is 0 Å². The SMILES string of the molecule is Fc1cnc(N(Cc2ccccc2)Cc2ccccc2)c(CCl)c1. The van der Waals surface area contributed by atoms with E-state index in [0.29, 0.717) is 18.7 Å². The molecule has 2 nitrogen and oxygen atoms in total. The minimum absolute atomic E-state index is 0.222. The fraction of sp³-hybridized carbons (Fsp3) is 0.150. The minimum atomic E-state index is -0.367. The Balaban J connectivity index is 1.95. The van der Waals surface area contributed by atoms with E-state index < -0.39 is 0 Å². The fourth-order valence-electron chi connectivity index (χ4n) is 2.67. The molecule has 0 aliphatic heterocycles. The first-order valence-corrected chi connectivity index (χ1v) is 8.33. The summed E-state index contributed by atoms with van der Waals surface area (Å²) >= 11 is 6.02. The fourth-order valence-corrected chi connectivity index (χ4v) is 2.87. The van der Waals surface area contributed by atoms with Crippen LogP contribution in [0, 0.1) is 5.82 Å². The first-order chi connectivity index (χ1) is 11.8. The van der Waals surface area contributed by atoms with Gasteiger partial charge in [0.15, 0.2) is 0 Å². The van der Waals surface area contributed by atoms with E-state index in [-0.39, 0.29) is 11.7 Å². The smallest absolute Gasteiger partial charge is 0.141 e. The van der Waals surface area contributed by atoms with Crippen LogP contribution in [0.4, 0.5) is 10.2 Å². The van der Waals surface area contributed by atoms with Crippen LogP contribution in [0.15, 0.2) is 72.9 Å². The van der Waals surface area contributed by atoms with Gasteiger partial charge in [0.2, 0.25) is 0 Å². The molecule has 0 saturated heterocycles. The zero-order valence-electron chi connectivity index (χ0n) is 13.2. The molecule has 24 heavy (non-hydrogen) atoms. The molecule has 0 bridgehead atoms. The van der Waals surface area contributed by atoms with Gasteiger partial charge in [-0.15, -0.1) is 11.6 Å². The van der Waals surface area contributed by atoms with Crippen molar-refractivity contribution in [1.82, 2.24) is 4.98 Å². The zero-order chi connectivity index (χ0) is 16.8. The van der Waals surface area contributed by atoms with E-state index in [0.717, 1.165) is 5.82 Å². The molecule has 0 spiro atoms. The molecule has 3 aromatic rings. The van der Waals surface area contributed by atoms with Crippen molar-refractivity contribution in [2.24, 2.45) is 0 Å². The molecule has 1 aromatic heterocycles. The van der Waals surface area contributed by atoms with Gasteiger partial charge in [0.05, 0.1) is 12.1 Å². The van der Waals surface area contributed by atoms with Gasteiger partial charge in [-0.2, -0.15) is 0 Å². The van der Waals surface area contributed by atoms with Crippen molar-refractivity contribution in [3.63, 3.8) is 0 Å². The van der Waals surface area contributed by atoms with Gasteiger partial charge in [0.25, 0.3) is 0 Å². The van der Waals surface area contributed by atoms with Crippen LogP contribution in [0.3, 0.4) is 0 Å². The summed E-state index contributed by atoms with van der Waals surface area (Å²) in [7, 11) is 0. The van der Waals surface area contributed by atoms with Gasteiger partial charge in [-0.1, -0.05) is 60.7 Å². The maximum Gasteiger partial charge on any atom is 0.141 e. The van der Waals surface area contributed by atoms with Crippen LogP contribution in [0.5, 0.6) is 0 Å². The second-order valence-corrected chi connectivity index (χ2v) is 5.86. The highest BCUT2D eigenvalue weighted by Gasteiger charge is 2.15. The van der Waals surface area contributed by atoms with E-state index in [1.807, 2.05) is 36.4 Å². The second kappa shape index (κ2) is 7.93. The van der Waals surface area contributed by atoms with Crippen molar-refractivity contribution in [2.45, 2.75) is 19.0 Å². The first-order valence-electron chi connectivity index (χ1n) is 7.79. The van der Waals surface area contributed by atoms with Gasteiger partial charge in [0, 0.05) is 18.7 Å². The summed E-state index contributed by atoms with van der Waals surface area (Å²) in [6.07, 6.45) is 1.24. The van der Waals surface area contributed by atoms with Crippen molar-refractivity contribution < 1.29 is 4.39 Å². The molecule has 0 atom stereocenters. The van der Waals surface area contributed by atoms with Crippen LogP contribution >= 0.6 is 11.6 Å². The Morgan fingerprint density at radius 1 is 0.875 bits per heavy atom. The summed E-state index contributed by atoms with van der Waals surface area (Å²) in [5, 5.41) is 0. The van der Waals surface area contributed by atoms with Crippen LogP contribution in [0.25, 0.3) is 0 Å². The average Bonchev–Trinajstić information content (AvgIpc) is 2.63. The molecule has 1 heterocycles. The highest BCUT2D eigenvalue weighted by atomic mass is 35.5. The second-order valence-electron chi connectivity index (χ2n) is 5.60. The van der Waals surface area contributed by atoms with Gasteiger partial charge in [-0.05, 0) is 17.2 Å². The highest BCUT2D eigenvalue weighted by Crippen LogP contribution is 2.24. The minimum Gasteiger partial charge on any atom is -0.348 e. The third kappa shape index (κ3) is 4.12. The molecule has 0 saturated carbocycles. The van der Waals surface area contributed by atoms with Crippen LogP contribution in [0.1, 0.15) is 16.7 Å². The van der Waals surface area contributed by atoms with Gasteiger partial charge >= 0.3 is 0 Å². The molecule has 3 rings (SSSR count). The van der Waals surface area contributed by atoms with Crippen molar-refractivity contribution in [3.8, 4) is 0 Å². The number of hydrogen-bond acceptors (Lipinski definition) is 2. The summed E-state index contributed by atoms with van der Waals surface area (Å²) in [6, 6.07) is 21.8. The number of nitrogens with zero attached hydrogens (tertiary/aromatic N) is 2. The van der Waals surface area contributed by atoms with E-state index in [9.17, 15) is 4.39 Å². The summed E-state index contributed by atoms with van der Waals surface area (Å²) in [5.74, 6) is 0.577. The molecule has 2 aromatic carbocycles. The summed E-state index contributed by atoms with van der Waals surface area (Å²) < 4.78 is 13.5. The largest absolute Gasteiger partial charge is 0.348 e. The third-order valence-electron chi connectivity index (χ3n) is 3.79. The van der Waals surface area contributed by atoms with Gasteiger partial charge in [-0.3, -0.25) is 0 Å². The van der Waals surface area contributed by atoms with E-state index in [2.05, 4.69) is 34.1 Å². The molecule has 4 heteroatoms. The van der Waals surface area contributed by atoms with Crippen LogP contribution in [-0.4, -0.2) is 4.98 Å². The quantitative estimate of drug-likeness (QED) is 0.576. The van der Waals surface area contributed by atoms with Crippen LogP contribution in [0.2, 0.25) is 0 Å². The molecular formula is C20H18ClFN2. The highest BCUT2D eigenvalue weighted by molar-refractivity contribution is 6.17. The van der Waals surface area contributed by atoms with E-state index in [1.54, 1.807) is 0 Å². The number of anilines is 1. The van der Waals surface area contributed by atoms with Crippen molar-refractivity contribution >= 4 is 17.4 Å². The molecule has 0 radical (unpaired) electrons. The van der Waals surface area contributed by atoms with Crippen LogP contribution in [-0.2, 0) is 19.0 Å². The van der Waals surface area contributed by atoms with Gasteiger partial charge < -0.3 is 4.90 Å². The van der Waals surface area contributed by atoms with E-state index in [1.165, 1.54) is 23.4 Å².